The van der Waals surface area contributed by atoms with E-state index >= 15 is 0 Å². The first-order valence-electron chi connectivity index (χ1n) is 6.64. The third-order valence-corrected chi connectivity index (χ3v) is 4.00. The fourth-order valence-electron chi connectivity index (χ4n) is 3.16. The molecule has 17 heavy (non-hydrogen) atoms. The number of likely N-dealkylation sites (tertiary alicyclic amines) is 1. The maximum absolute atomic E-state index is 12.5. The number of carbonyl (C=O) groups is 1. The molecule has 1 aliphatic carbocycles. The molecular formula is C13H22N2O2. The SMILES string of the molecule is CC(C)(C)OC(=O)C12CNC(CN1C1CC1)C2. The lowest BCUT2D eigenvalue weighted by molar-refractivity contribution is -0.168. The second kappa shape index (κ2) is 3.45. The number of nitrogens with zero attached hydrogens (tertiary/aromatic N) is 1. The molecule has 1 saturated carbocycles. The van der Waals surface area contributed by atoms with Crippen LogP contribution < -0.4 is 5.32 Å². The summed E-state index contributed by atoms with van der Waals surface area (Å²) in [5.41, 5.74) is -0.749. The van der Waals surface area contributed by atoms with E-state index in [1.54, 1.807) is 0 Å². The van der Waals surface area contributed by atoms with Crippen molar-refractivity contribution in [1.82, 2.24) is 10.2 Å². The lowest BCUT2D eigenvalue weighted by atomic mass is 9.98. The van der Waals surface area contributed by atoms with Crippen molar-refractivity contribution in [1.29, 1.82) is 0 Å². The van der Waals surface area contributed by atoms with Crippen LogP contribution in [0.3, 0.4) is 0 Å². The molecule has 1 N–H and O–H groups in total. The molecule has 2 unspecified atom stereocenters. The molecule has 3 rings (SSSR count). The van der Waals surface area contributed by atoms with Crippen molar-refractivity contribution in [3.63, 3.8) is 0 Å². The summed E-state index contributed by atoms with van der Waals surface area (Å²) in [4.78, 5) is 14.9. The van der Waals surface area contributed by atoms with Gasteiger partial charge in [0, 0.05) is 25.2 Å². The molecule has 0 aromatic rings. The molecule has 0 amide bonds. The summed E-state index contributed by atoms with van der Waals surface area (Å²) < 4.78 is 5.63. The van der Waals surface area contributed by atoms with Gasteiger partial charge >= 0.3 is 5.97 Å². The molecular weight excluding hydrogens is 216 g/mol. The van der Waals surface area contributed by atoms with Crippen molar-refractivity contribution in [3.8, 4) is 0 Å². The van der Waals surface area contributed by atoms with Gasteiger partial charge in [-0.2, -0.15) is 0 Å². The summed E-state index contributed by atoms with van der Waals surface area (Å²) in [6, 6.07) is 1.12. The van der Waals surface area contributed by atoms with E-state index in [2.05, 4.69) is 10.2 Å². The number of esters is 1. The molecule has 4 heteroatoms. The first kappa shape index (κ1) is 11.5. The van der Waals surface area contributed by atoms with Crippen molar-refractivity contribution < 1.29 is 9.53 Å². The lowest BCUT2D eigenvalue weighted by Gasteiger charge is -2.38. The summed E-state index contributed by atoms with van der Waals surface area (Å²) in [6.45, 7) is 7.61. The van der Waals surface area contributed by atoms with E-state index in [1.165, 1.54) is 12.8 Å². The highest BCUT2D eigenvalue weighted by molar-refractivity contribution is 5.83. The summed E-state index contributed by atoms with van der Waals surface area (Å²) >= 11 is 0. The highest BCUT2D eigenvalue weighted by atomic mass is 16.6. The van der Waals surface area contributed by atoms with E-state index in [0.717, 1.165) is 19.5 Å². The van der Waals surface area contributed by atoms with Gasteiger partial charge in [-0.3, -0.25) is 4.90 Å². The first-order chi connectivity index (χ1) is 7.91. The third-order valence-electron chi connectivity index (χ3n) is 4.00. The number of rotatable bonds is 2. The molecule has 96 valence electrons. The van der Waals surface area contributed by atoms with E-state index in [9.17, 15) is 4.79 Å². The van der Waals surface area contributed by atoms with Crippen LogP contribution in [0.2, 0.25) is 0 Å². The molecule has 3 aliphatic rings. The fraction of sp³-hybridized carbons (Fsp3) is 0.923. The highest BCUT2D eigenvalue weighted by Crippen LogP contribution is 2.43. The van der Waals surface area contributed by atoms with Gasteiger partial charge in [0.25, 0.3) is 0 Å². The van der Waals surface area contributed by atoms with Gasteiger partial charge in [0.1, 0.15) is 11.1 Å². The Balaban J connectivity index is 1.80. The zero-order valence-corrected chi connectivity index (χ0v) is 11.0. The Morgan fingerprint density at radius 2 is 2.12 bits per heavy atom. The van der Waals surface area contributed by atoms with E-state index < -0.39 is 0 Å². The number of carbonyl (C=O) groups excluding carboxylic acids is 1. The maximum atomic E-state index is 12.5. The third kappa shape index (κ3) is 1.87. The van der Waals surface area contributed by atoms with E-state index in [4.69, 9.17) is 4.74 Å². The van der Waals surface area contributed by atoms with Gasteiger partial charge in [-0.05, 0) is 40.0 Å². The number of hydrogen-bond acceptors (Lipinski definition) is 4. The molecule has 2 atom stereocenters. The minimum atomic E-state index is -0.387. The summed E-state index contributed by atoms with van der Waals surface area (Å²) in [5, 5.41) is 3.43. The molecule has 2 aliphatic heterocycles. The van der Waals surface area contributed by atoms with Gasteiger partial charge < -0.3 is 10.1 Å². The Morgan fingerprint density at radius 3 is 2.65 bits per heavy atom. The van der Waals surface area contributed by atoms with Gasteiger partial charge in [0.05, 0.1) is 0 Å². The van der Waals surface area contributed by atoms with Gasteiger partial charge in [-0.1, -0.05) is 0 Å². The molecule has 2 heterocycles. The van der Waals surface area contributed by atoms with Crippen LogP contribution >= 0.6 is 0 Å². The van der Waals surface area contributed by atoms with Crippen LogP contribution in [0.4, 0.5) is 0 Å². The van der Waals surface area contributed by atoms with Crippen LogP contribution in [0.5, 0.6) is 0 Å². The average Bonchev–Trinajstić information content (AvgIpc) is 2.87. The average molecular weight is 238 g/mol. The second-order valence-electron chi connectivity index (χ2n) is 6.70. The maximum Gasteiger partial charge on any atom is 0.328 e. The monoisotopic (exact) mass is 238 g/mol. The highest BCUT2D eigenvalue weighted by Gasteiger charge is 2.60. The zero-order chi connectivity index (χ0) is 12.3. The first-order valence-corrected chi connectivity index (χ1v) is 6.64. The Kier molecular flexibility index (Phi) is 2.33. The van der Waals surface area contributed by atoms with Crippen LogP contribution in [0.1, 0.15) is 40.0 Å². The normalized spacial score (nSPS) is 37.5. The van der Waals surface area contributed by atoms with Crippen LogP contribution in [0, 0.1) is 0 Å². The smallest absolute Gasteiger partial charge is 0.328 e. The Bertz CT molecular complexity index is 346. The summed E-state index contributed by atoms with van der Waals surface area (Å²) in [5.74, 6) is -0.0237. The van der Waals surface area contributed by atoms with Crippen molar-refractivity contribution >= 4 is 5.97 Å². The van der Waals surface area contributed by atoms with Crippen molar-refractivity contribution in [2.75, 3.05) is 13.1 Å². The molecule has 4 nitrogen and oxygen atoms in total. The van der Waals surface area contributed by atoms with Crippen LogP contribution in [0.25, 0.3) is 0 Å². The standard InChI is InChI=1S/C13H22N2O2/c1-12(2,3)17-11(16)13-6-9(14-8-13)7-15(13)10-4-5-10/h9-10,14H,4-8H2,1-3H3. The second-order valence-corrected chi connectivity index (χ2v) is 6.70. The lowest BCUT2D eigenvalue weighted by Crippen LogP contribution is -2.59. The molecule has 0 aromatic carbocycles. The largest absolute Gasteiger partial charge is 0.459 e. The Morgan fingerprint density at radius 1 is 1.41 bits per heavy atom. The molecule has 2 saturated heterocycles. The van der Waals surface area contributed by atoms with E-state index in [-0.39, 0.29) is 17.1 Å². The summed E-state index contributed by atoms with van der Waals surface area (Å²) in [6.07, 6.45) is 3.42. The quantitative estimate of drug-likeness (QED) is 0.726. The predicted molar refractivity (Wildman–Crippen MR) is 64.7 cm³/mol. The Hall–Kier alpha value is -0.610. The van der Waals surface area contributed by atoms with Gasteiger partial charge in [-0.25, -0.2) is 4.79 Å². The van der Waals surface area contributed by atoms with Gasteiger partial charge in [-0.15, -0.1) is 0 Å². The fourth-order valence-corrected chi connectivity index (χ4v) is 3.16. The zero-order valence-electron chi connectivity index (χ0n) is 11.0. The van der Waals surface area contributed by atoms with Crippen molar-refractivity contribution in [2.45, 2.75) is 63.3 Å². The predicted octanol–water partition coefficient (Wildman–Crippen LogP) is 0.907. The number of hydrogen-bond donors (Lipinski definition) is 1. The number of fused-ring (bicyclic) bond motifs is 2. The topological polar surface area (TPSA) is 41.6 Å². The van der Waals surface area contributed by atoms with Crippen LogP contribution in [0.15, 0.2) is 0 Å². The summed E-state index contributed by atoms with van der Waals surface area (Å²) in [7, 11) is 0. The molecule has 2 bridgehead atoms. The van der Waals surface area contributed by atoms with E-state index in [0.29, 0.717) is 12.1 Å². The van der Waals surface area contributed by atoms with E-state index in [1.807, 2.05) is 20.8 Å². The number of nitrogens with one attached hydrogen (secondary N) is 1. The molecule has 0 aromatic heterocycles. The van der Waals surface area contributed by atoms with Crippen molar-refractivity contribution in [3.05, 3.63) is 0 Å². The molecule has 0 spiro atoms. The number of ether oxygens (including phenoxy) is 1. The van der Waals surface area contributed by atoms with Crippen molar-refractivity contribution in [2.24, 2.45) is 0 Å². The Labute approximate surface area is 103 Å². The number of piperazine rings is 1. The van der Waals surface area contributed by atoms with Crippen LogP contribution in [-0.2, 0) is 9.53 Å². The minimum absolute atomic E-state index is 0.0237. The molecule has 3 fully saturated rings. The van der Waals surface area contributed by atoms with Gasteiger partial charge in [0.2, 0.25) is 0 Å². The molecule has 0 radical (unpaired) electrons. The minimum Gasteiger partial charge on any atom is -0.459 e. The van der Waals surface area contributed by atoms with Gasteiger partial charge in [0.15, 0.2) is 0 Å². The van der Waals surface area contributed by atoms with Crippen LogP contribution in [-0.4, -0.2) is 47.2 Å².